The van der Waals surface area contributed by atoms with E-state index in [2.05, 4.69) is 30.3 Å². The van der Waals surface area contributed by atoms with E-state index in [1.807, 2.05) is 43.3 Å². The molecular formula is C25H30O2. The first-order chi connectivity index (χ1) is 13.1. The highest BCUT2D eigenvalue weighted by Crippen LogP contribution is 2.35. The molecule has 2 aromatic carbocycles. The Balaban J connectivity index is 1.87. The Labute approximate surface area is 162 Å². The van der Waals surface area contributed by atoms with Gasteiger partial charge in [-0.15, -0.1) is 0 Å². The van der Waals surface area contributed by atoms with E-state index in [9.17, 15) is 9.90 Å². The first kappa shape index (κ1) is 19.4. The van der Waals surface area contributed by atoms with Gasteiger partial charge < -0.3 is 5.11 Å². The molecule has 0 spiro atoms. The van der Waals surface area contributed by atoms with Crippen LogP contribution in [0.15, 0.2) is 72.3 Å². The van der Waals surface area contributed by atoms with E-state index in [1.54, 1.807) is 0 Å². The Bertz CT molecular complexity index is 757. The zero-order valence-corrected chi connectivity index (χ0v) is 16.2. The van der Waals surface area contributed by atoms with E-state index >= 15 is 0 Å². The number of rotatable bonds is 7. The average molecular weight is 363 g/mol. The smallest absolute Gasteiger partial charge is 0.314 e. The van der Waals surface area contributed by atoms with Gasteiger partial charge in [0.2, 0.25) is 0 Å². The highest BCUT2D eigenvalue weighted by atomic mass is 16.4. The van der Waals surface area contributed by atoms with Gasteiger partial charge in [-0.05, 0) is 49.7 Å². The van der Waals surface area contributed by atoms with Crippen molar-refractivity contribution in [3.8, 4) is 0 Å². The van der Waals surface area contributed by atoms with Crippen LogP contribution >= 0.6 is 0 Å². The topological polar surface area (TPSA) is 37.3 Å². The third-order valence-corrected chi connectivity index (χ3v) is 6.04. The summed E-state index contributed by atoms with van der Waals surface area (Å²) in [5, 5.41) is 9.97. The van der Waals surface area contributed by atoms with Crippen molar-refractivity contribution in [3.05, 3.63) is 83.4 Å². The number of benzene rings is 2. The van der Waals surface area contributed by atoms with Gasteiger partial charge in [-0.2, -0.15) is 0 Å². The van der Waals surface area contributed by atoms with Crippen LogP contribution in [0.5, 0.6) is 0 Å². The molecule has 0 bridgehead atoms. The molecule has 2 aromatic rings. The van der Waals surface area contributed by atoms with Crippen molar-refractivity contribution in [2.45, 2.75) is 57.3 Å². The second-order valence-corrected chi connectivity index (χ2v) is 7.98. The van der Waals surface area contributed by atoms with Crippen LogP contribution in [0.25, 0.3) is 0 Å². The molecule has 1 fully saturated rings. The van der Waals surface area contributed by atoms with E-state index < -0.39 is 11.4 Å². The third-order valence-electron chi connectivity index (χ3n) is 6.04. The number of allylic oxidation sites excluding steroid dienone is 2. The summed E-state index contributed by atoms with van der Waals surface area (Å²) in [6, 6.07) is 20.2. The van der Waals surface area contributed by atoms with Gasteiger partial charge >= 0.3 is 5.97 Å². The van der Waals surface area contributed by atoms with Crippen LogP contribution in [0.4, 0.5) is 0 Å². The van der Waals surface area contributed by atoms with Crippen molar-refractivity contribution in [3.63, 3.8) is 0 Å². The molecular weight excluding hydrogens is 332 g/mol. The van der Waals surface area contributed by atoms with Crippen molar-refractivity contribution < 1.29 is 9.90 Å². The molecule has 2 heteroatoms. The van der Waals surface area contributed by atoms with Crippen LogP contribution in [-0.4, -0.2) is 11.1 Å². The molecule has 1 saturated carbocycles. The van der Waals surface area contributed by atoms with Crippen LogP contribution in [0.1, 0.15) is 56.6 Å². The minimum Gasteiger partial charge on any atom is -0.481 e. The first-order valence-electron chi connectivity index (χ1n) is 10.1. The van der Waals surface area contributed by atoms with Crippen LogP contribution in [0.2, 0.25) is 0 Å². The standard InChI is InChI=1S/C25H30O2/c1-25(24(26)27,23-15-9-4-10-16-23)18-17-22(21-13-7-3-8-14-21)19-20-11-5-2-6-12-20/h2,4-6,9-12,15-17,21H,3,7-8,13-14,18-19H2,1H3,(H,26,27)/b22-17+. The molecule has 3 rings (SSSR count). The lowest BCUT2D eigenvalue weighted by atomic mass is 9.76. The molecule has 0 aromatic heterocycles. The first-order valence-corrected chi connectivity index (χ1v) is 10.1. The number of carbonyl (C=O) groups is 1. The molecule has 0 aliphatic heterocycles. The lowest BCUT2D eigenvalue weighted by molar-refractivity contribution is -0.143. The molecule has 1 atom stereocenters. The Kier molecular flexibility index (Phi) is 6.49. The monoisotopic (exact) mass is 362 g/mol. The van der Waals surface area contributed by atoms with Gasteiger partial charge in [0.25, 0.3) is 0 Å². The molecule has 27 heavy (non-hydrogen) atoms. The van der Waals surface area contributed by atoms with Gasteiger partial charge in [-0.25, -0.2) is 0 Å². The summed E-state index contributed by atoms with van der Waals surface area (Å²) in [6.45, 7) is 1.85. The molecule has 0 saturated heterocycles. The van der Waals surface area contributed by atoms with Crippen molar-refractivity contribution >= 4 is 5.97 Å². The van der Waals surface area contributed by atoms with E-state index in [4.69, 9.17) is 0 Å². The number of hydrogen-bond acceptors (Lipinski definition) is 1. The van der Waals surface area contributed by atoms with Crippen LogP contribution in [-0.2, 0) is 16.6 Å². The van der Waals surface area contributed by atoms with Gasteiger partial charge in [0.05, 0.1) is 5.41 Å². The summed E-state index contributed by atoms with van der Waals surface area (Å²) < 4.78 is 0. The van der Waals surface area contributed by atoms with Crippen molar-refractivity contribution in [2.24, 2.45) is 5.92 Å². The Hall–Kier alpha value is -2.35. The van der Waals surface area contributed by atoms with E-state index in [0.29, 0.717) is 12.3 Å². The van der Waals surface area contributed by atoms with Crippen LogP contribution in [0.3, 0.4) is 0 Å². The molecule has 1 aliphatic rings. The lowest BCUT2D eigenvalue weighted by Crippen LogP contribution is -2.32. The SMILES string of the molecule is CC(C/C=C(\Cc1ccccc1)C1CCCCC1)(C(=O)O)c1ccccc1. The number of carboxylic acids is 1. The molecule has 0 radical (unpaired) electrons. The predicted octanol–water partition coefficient (Wildman–Crippen LogP) is 6.17. The Morgan fingerprint density at radius 2 is 1.59 bits per heavy atom. The molecule has 142 valence electrons. The van der Waals surface area contributed by atoms with Gasteiger partial charge in [0, 0.05) is 0 Å². The molecule has 0 amide bonds. The summed E-state index contributed by atoms with van der Waals surface area (Å²) in [4.78, 5) is 12.1. The Morgan fingerprint density at radius 3 is 2.19 bits per heavy atom. The minimum absolute atomic E-state index is 0.533. The summed E-state index contributed by atoms with van der Waals surface area (Å²) in [5.41, 5.74) is 2.71. The minimum atomic E-state index is -0.891. The van der Waals surface area contributed by atoms with Crippen LogP contribution in [0, 0.1) is 5.92 Å². The highest BCUT2D eigenvalue weighted by molar-refractivity contribution is 5.81. The molecule has 1 unspecified atom stereocenters. The van der Waals surface area contributed by atoms with E-state index in [1.165, 1.54) is 43.2 Å². The summed E-state index contributed by atoms with van der Waals surface area (Å²) in [5.74, 6) is -0.166. The summed E-state index contributed by atoms with van der Waals surface area (Å²) in [6.07, 6.45) is 10.1. The highest BCUT2D eigenvalue weighted by Gasteiger charge is 2.34. The van der Waals surface area contributed by atoms with Gasteiger partial charge in [-0.1, -0.05) is 91.6 Å². The zero-order chi connectivity index (χ0) is 19.1. The van der Waals surface area contributed by atoms with Crippen molar-refractivity contribution in [2.75, 3.05) is 0 Å². The second kappa shape index (κ2) is 9.03. The van der Waals surface area contributed by atoms with E-state index in [0.717, 1.165) is 12.0 Å². The average Bonchev–Trinajstić information content (AvgIpc) is 2.72. The fourth-order valence-electron chi connectivity index (χ4n) is 4.16. The molecule has 1 aliphatic carbocycles. The van der Waals surface area contributed by atoms with Crippen molar-refractivity contribution in [1.82, 2.24) is 0 Å². The third kappa shape index (κ3) is 4.88. The maximum absolute atomic E-state index is 12.1. The fourth-order valence-corrected chi connectivity index (χ4v) is 4.16. The largest absolute Gasteiger partial charge is 0.481 e. The lowest BCUT2D eigenvalue weighted by Gasteiger charge is -2.28. The second-order valence-electron chi connectivity index (χ2n) is 7.98. The zero-order valence-electron chi connectivity index (χ0n) is 16.2. The van der Waals surface area contributed by atoms with Crippen LogP contribution < -0.4 is 0 Å². The molecule has 0 heterocycles. The molecule has 1 N–H and O–H groups in total. The van der Waals surface area contributed by atoms with Crippen molar-refractivity contribution in [1.29, 1.82) is 0 Å². The molecule has 2 nitrogen and oxygen atoms in total. The maximum atomic E-state index is 12.1. The normalized spacial score (nSPS) is 18.0. The number of hydrogen-bond donors (Lipinski definition) is 1. The Morgan fingerprint density at radius 1 is 1.00 bits per heavy atom. The predicted molar refractivity (Wildman–Crippen MR) is 111 cm³/mol. The fraction of sp³-hybridized carbons (Fsp3) is 0.400. The number of carboxylic acid groups (broad SMARTS) is 1. The van der Waals surface area contributed by atoms with Gasteiger partial charge in [-0.3, -0.25) is 4.79 Å². The summed E-state index contributed by atoms with van der Waals surface area (Å²) in [7, 11) is 0. The van der Waals surface area contributed by atoms with Gasteiger partial charge in [0.1, 0.15) is 0 Å². The number of aliphatic carboxylic acids is 1. The van der Waals surface area contributed by atoms with E-state index in [-0.39, 0.29) is 0 Å². The maximum Gasteiger partial charge on any atom is 0.314 e. The summed E-state index contributed by atoms with van der Waals surface area (Å²) >= 11 is 0. The quantitative estimate of drug-likeness (QED) is 0.598. The van der Waals surface area contributed by atoms with Gasteiger partial charge in [0.15, 0.2) is 0 Å².